The number of hydrogen-bond acceptors (Lipinski definition) is 4. The molecular formula is C30H30N2O3. The van der Waals surface area contributed by atoms with E-state index in [-0.39, 0.29) is 30.5 Å². The summed E-state index contributed by atoms with van der Waals surface area (Å²) in [5, 5.41) is 16.8. The third-order valence-corrected chi connectivity index (χ3v) is 6.75. The Morgan fingerprint density at radius 1 is 0.914 bits per heavy atom. The number of aromatic hydroxyl groups is 1. The van der Waals surface area contributed by atoms with E-state index in [9.17, 15) is 9.90 Å². The van der Waals surface area contributed by atoms with Crippen LogP contribution in [0.25, 0.3) is 10.8 Å². The Morgan fingerprint density at radius 3 is 2.37 bits per heavy atom. The van der Waals surface area contributed by atoms with Crippen LogP contribution in [0.4, 0.5) is 4.79 Å². The van der Waals surface area contributed by atoms with E-state index in [2.05, 4.69) is 17.4 Å². The van der Waals surface area contributed by atoms with Crippen LogP contribution in [0.1, 0.15) is 35.6 Å². The van der Waals surface area contributed by atoms with Crippen LogP contribution in [0, 0.1) is 0 Å². The molecular weight excluding hydrogens is 436 g/mol. The molecule has 0 aliphatic carbocycles. The molecule has 0 bridgehead atoms. The van der Waals surface area contributed by atoms with Gasteiger partial charge in [0, 0.05) is 18.7 Å². The molecule has 1 aliphatic rings. The number of benzene rings is 4. The fraction of sp³-hybridized carbons (Fsp3) is 0.233. The molecule has 5 heteroatoms. The molecule has 4 aromatic carbocycles. The van der Waals surface area contributed by atoms with E-state index in [0.29, 0.717) is 13.1 Å². The zero-order chi connectivity index (χ0) is 24.0. The first kappa shape index (κ1) is 22.9. The van der Waals surface area contributed by atoms with Crippen LogP contribution >= 0.6 is 0 Å². The van der Waals surface area contributed by atoms with Crippen molar-refractivity contribution in [3.8, 4) is 5.75 Å². The van der Waals surface area contributed by atoms with Crippen molar-refractivity contribution in [3.63, 3.8) is 0 Å². The number of rotatable bonds is 7. The molecule has 178 valence electrons. The number of hydrogen-bond donors (Lipinski definition) is 2. The number of nitrogens with zero attached hydrogens (tertiary/aromatic N) is 1. The summed E-state index contributed by atoms with van der Waals surface area (Å²) in [4.78, 5) is 15.0. The summed E-state index contributed by atoms with van der Waals surface area (Å²) in [5.74, 6) is 0.235. The molecule has 1 amide bonds. The number of fused-ring (bicyclic) bond motifs is 1. The highest BCUT2D eigenvalue weighted by Gasteiger charge is 2.38. The van der Waals surface area contributed by atoms with Crippen molar-refractivity contribution in [3.05, 3.63) is 114 Å². The van der Waals surface area contributed by atoms with Crippen molar-refractivity contribution in [2.45, 2.75) is 38.1 Å². The summed E-state index contributed by atoms with van der Waals surface area (Å²) in [5.41, 5.74) is 2.93. The summed E-state index contributed by atoms with van der Waals surface area (Å²) in [6.45, 7) is 1.50. The Balaban J connectivity index is 1.45. The molecule has 35 heavy (non-hydrogen) atoms. The highest BCUT2D eigenvalue weighted by atomic mass is 16.6. The maximum Gasteiger partial charge on any atom is 0.410 e. The monoisotopic (exact) mass is 466 g/mol. The fourth-order valence-electron chi connectivity index (χ4n) is 5.03. The Morgan fingerprint density at radius 2 is 1.60 bits per heavy atom. The van der Waals surface area contributed by atoms with Gasteiger partial charge in [0.15, 0.2) is 0 Å². The highest BCUT2D eigenvalue weighted by Crippen LogP contribution is 2.39. The van der Waals surface area contributed by atoms with E-state index in [0.717, 1.165) is 40.3 Å². The smallest absolute Gasteiger partial charge is 0.410 e. The summed E-state index contributed by atoms with van der Waals surface area (Å²) in [6.07, 6.45) is 1.40. The maximum atomic E-state index is 13.2. The molecule has 1 fully saturated rings. The van der Waals surface area contributed by atoms with Gasteiger partial charge >= 0.3 is 6.09 Å². The van der Waals surface area contributed by atoms with E-state index in [1.165, 1.54) is 0 Å². The quantitative estimate of drug-likeness (QED) is 0.342. The molecule has 1 aliphatic heterocycles. The lowest BCUT2D eigenvalue weighted by Gasteiger charge is -2.33. The summed E-state index contributed by atoms with van der Waals surface area (Å²) >= 11 is 0. The number of amides is 1. The van der Waals surface area contributed by atoms with Gasteiger partial charge in [-0.2, -0.15) is 0 Å². The van der Waals surface area contributed by atoms with E-state index in [1.807, 2.05) is 83.8 Å². The SMILES string of the molecule is O=C(OCc1ccccc1)N1CCC[C@H]1[C@@H](NCc1ccccc1)c1c(O)ccc2ccccc12. The van der Waals surface area contributed by atoms with Crippen molar-refractivity contribution in [1.82, 2.24) is 10.2 Å². The number of nitrogens with one attached hydrogen (secondary N) is 1. The first-order valence-electron chi connectivity index (χ1n) is 12.2. The molecule has 0 aromatic heterocycles. The first-order chi connectivity index (χ1) is 17.2. The van der Waals surface area contributed by atoms with Crippen molar-refractivity contribution < 1.29 is 14.6 Å². The van der Waals surface area contributed by atoms with E-state index in [1.54, 1.807) is 6.07 Å². The number of phenolic OH excluding ortho intramolecular Hbond substituents is 1. The predicted octanol–water partition coefficient (Wildman–Crippen LogP) is 6.18. The molecule has 0 spiro atoms. The van der Waals surface area contributed by atoms with Gasteiger partial charge in [-0.05, 0) is 40.8 Å². The molecule has 1 heterocycles. The number of carbonyl (C=O) groups is 1. The van der Waals surface area contributed by atoms with Crippen LogP contribution < -0.4 is 5.32 Å². The maximum absolute atomic E-state index is 13.2. The van der Waals surface area contributed by atoms with Crippen molar-refractivity contribution in [2.75, 3.05) is 6.54 Å². The van der Waals surface area contributed by atoms with Gasteiger partial charge in [-0.15, -0.1) is 0 Å². The van der Waals surface area contributed by atoms with Crippen molar-refractivity contribution in [1.29, 1.82) is 0 Å². The fourth-order valence-corrected chi connectivity index (χ4v) is 5.03. The zero-order valence-corrected chi connectivity index (χ0v) is 19.6. The number of carbonyl (C=O) groups excluding carboxylic acids is 1. The molecule has 4 aromatic rings. The van der Waals surface area contributed by atoms with Crippen LogP contribution in [0.3, 0.4) is 0 Å². The van der Waals surface area contributed by atoms with Crippen LogP contribution in [-0.4, -0.2) is 28.7 Å². The Hall–Kier alpha value is -3.83. The average molecular weight is 467 g/mol. The normalized spacial score (nSPS) is 16.3. The Bertz CT molecular complexity index is 1280. The topological polar surface area (TPSA) is 61.8 Å². The van der Waals surface area contributed by atoms with Gasteiger partial charge in [-0.25, -0.2) is 4.79 Å². The van der Waals surface area contributed by atoms with Crippen LogP contribution in [0.5, 0.6) is 5.75 Å². The molecule has 1 saturated heterocycles. The number of likely N-dealkylation sites (tertiary alicyclic amines) is 1. The third-order valence-electron chi connectivity index (χ3n) is 6.75. The second-order valence-corrected chi connectivity index (χ2v) is 9.01. The highest BCUT2D eigenvalue weighted by molar-refractivity contribution is 5.88. The summed E-state index contributed by atoms with van der Waals surface area (Å²) < 4.78 is 5.71. The predicted molar refractivity (Wildman–Crippen MR) is 138 cm³/mol. The largest absolute Gasteiger partial charge is 0.508 e. The minimum atomic E-state index is -0.317. The van der Waals surface area contributed by atoms with Gasteiger partial charge in [0.2, 0.25) is 0 Å². The minimum Gasteiger partial charge on any atom is -0.508 e. The Kier molecular flexibility index (Phi) is 6.96. The molecule has 0 saturated carbocycles. The minimum absolute atomic E-state index is 0.140. The average Bonchev–Trinajstić information content (AvgIpc) is 3.39. The second-order valence-electron chi connectivity index (χ2n) is 9.01. The van der Waals surface area contributed by atoms with E-state index >= 15 is 0 Å². The van der Waals surface area contributed by atoms with Gasteiger partial charge in [0.1, 0.15) is 12.4 Å². The molecule has 0 radical (unpaired) electrons. The zero-order valence-electron chi connectivity index (χ0n) is 19.6. The van der Waals surface area contributed by atoms with Gasteiger partial charge in [-0.1, -0.05) is 91.0 Å². The van der Waals surface area contributed by atoms with Gasteiger partial charge in [-0.3, -0.25) is 0 Å². The molecule has 2 N–H and O–H groups in total. The number of phenols is 1. The first-order valence-corrected chi connectivity index (χ1v) is 12.2. The van der Waals surface area contributed by atoms with E-state index in [4.69, 9.17) is 4.74 Å². The van der Waals surface area contributed by atoms with Crippen LogP contribution in [-0.2, 0) is 17.9 Å². The van der Waals surface area contributed by atoms with Crippen molar-refractivity contribution >= 4 is 16.9 Å². The van der Waals surface area contributed by atoms with Gasteiger partial charge < -0.3 is 20.1 Å². The standard InChI is InChI=1S/C30H30N2O3/c33-27-18-17-24-14-7-8-15-25(24)28(27)29(31-20-22-10-3-1-4-11-22)26-16-9-19-32(26)30(34)35-21-23-12-5-2-6-13-23/h1-8,10-15,17-18,26,29,31,33H,9,16,19-21H2/t26-,29+/m0/s1. The molecule has 2 atom stereocenters. The second kappa shape index (κ2) is 10.6. The van der Waals surface area contributed by atoms with Crippen molar-refractivity contribution in [2.24, 2.45) is 0 Å². The van der Waals surface area contributed by atoms with E-state index < -0.39 is 0 Å². The van der Waals surface area contributed by atoms with Crippen LogP contribution in [0.2, 0.25) is 0 Å². The molecule has 5 nitrogen and oxygen atoms in total. The van der Waals surface area contributed by atoms with Gasteiger partial charge in [0.05, 0.1) is 12.1 Å². The lowest BCUT2D eigenvalue weighted by Crippen LogP contribution is -2.44. The lowest BCUT2D eigenvalue weighted by atomic mass is 9.91. The van der Waals surface area contributed by atoms with Crippen LogP contribution in [0.15, 0.2) is 97.1 Å². The Labute approximate surface area is 206 Å². The third kappa shape index (κ3) is 5.15. The number of ether oxygens (including phenoxy) is 1. The molecule has 0 unspecified atom stereocenters. The lowest BCUT2D eigenvalue weighted by molar-refractivity contribution is 0.0851. The molecule has 5 rings (SSSR count). The summed E-state index contributed by atoms with van der Waals surface area (Å²) in [6, 6.07) is 31.3. The summed E-state index contributed by atoms with van der Waals surface area (Å²) in [7, 11) is 0. The van der Waals surface area contributed by atoms with Gasteiger partial charge in [0.25, 0.3) is 0 Å².